The van der Waals surface area contributed by atoms with Gasteiger partial charge in [0.2, 0.25) is 0 Å². The molecule has 7 aromatic carbocycles. The molecule has 1 nitrogen and oxygen atoms in total. The lowest BCUT2D eigenvalue weighted by atomic mass is 10.0. The fourth-order valence-electron chi connectivity index (χ4n) is 7.14. The predicted octanol–water partition coefficient (Wildman–Crippen LogP) is 12.9. The summed E-state index contributed by atoms with van der Waals surface area (Å²) in [7, 11) is 0. The van der Waals surface area contributed by atoms with Gasteiger partial charge in [0, 0.05) is 46.4 Å². The second-order valence-corrected chi connectivity index (χ2v) is 13.8. The number of hydrogen-bond acceptors (Lipinski definition) is 2. The fraction of sp³-hybridized carbons (Fsp3) is 0. The molecule has 0 aliphatic carbocycles. The molecule has 0 saturated heterocycles. The number of rotatable bonds is 3. The van der Waals surface area contributed by atoms with E-state index in [-0.39, 0.29) is 0 Å². The Bertz CT molecular complexity index is 2760. The number of fused-ring (bicyclic) bond motifs is 9. The molecule has 0 amide bonds. The van der Waals surface area contributed by atoms with Crippen molar-refractivity contribution in [2.45, 2.75) is 0 Å². The summed E-state index contributed by atoms with van der Waals surface area (Å²) in [4.78, 5) is 0. The van der Waals surface area contributed by atoms with E-state index >= 15 is 0 Å². The molecular weight excluding hydrogens is 583 g/mol. The summed E-state index contributed by atoms with van der Waals surface area (Å²) in [6.45, 7) is 0. The maximum atomic E-state index is 2.48. The minimum Gasteiger partial charge on any atom is -0.308 e. The molecule has 0 atom stereocenters. The van der Waals surface area contributed by atoms with Crippen LogP contribution < -0.4 is 0 Å². The molecule has 3 aromatic heterocycles. The minimum atomic E-state index is 1.23. The summed E-state index contributed by atoms with van der Waals surface area (Å²) >= 11 is 3.79. The van der Waals surface area contributed by atoms with Gasteiger partial charge in [-0.25, -0.2) is 0 Å². The second kappa shape index (κ2) is 9.64. The van der Waals surface area contributed by atoms with Crippen molar-refractivity contribution >= 4 is 84.8 Å². The van der Waals surface area contributed by atoms with E-state index in [9.17, 15) is 0 Å². The molecule has 210 valence electrons. The van der Waals surface area contributed by atoms with Gasteiger partial charge in [0.1, 0.15) is 0 Å². The van der Waals surface area contributed by atoms with Gasteiger partial charge in [-0.2, -0.15) is 0 Å². The van der Waals surface area contributed by atoms with Crippen LogP contribution >= 0.6 is 22.7 Å². The van der Waals surface area contributed by atoms with Gasteiger partial charge in [0.25, 0.3) is 0 Å². The summed E-state index contributed by atoms with van der Waals surface area (Å²) in [5, 5.41) is 7.87. The zero-order chi connectivity index (χ0) is 29.5. The van der Waals surface area contributed by atoms with Crippen LogP contribution in [0.3, 0.4) is 0 Å². The Labute approximate surface area is 267 Å². The van der Waals surface area contributed by atoms with Crippen LogP contribution in [-0.2, 0) is 0 Å². The molecular formula is C42H25NS2. The Morgan fingerprint density at radius 2 is 1.02 bits per heavy atom. The van der Waals surface area contributed by atoms with E-state index in [1.807, 2.05) is 22.7 Å². The van der Waals surface area contributed by atoms with Crippen molar-refractivity contribution in [3.63, 3.8) is 0 Å². The second-order valence-electron chi connectivity index (χ2n) is 11.7. The largest absolute Gasteiger partial charge is 0.308 e. The van der Waals surface area contributed by atoms with Gasteiger partial charge in [-0.3, -0.25) is 0 Å². The molecule has 0 aliphatic heterocycles. The van der Waals surface area contributed by atoms with Crippen LogP contribution in [0.15, 0.2) is 152 Å². The molecule has 0 saturated carbocycles. The third-order valence-electron chi connectivity index (χ3n) is 9.21. The van der Waals surface area contributed by atoms with Crippen molar-refractivity contribution in [1.82, 2.24) is 4.57 Å². The van der Waals surface area contributed by atoms with E-state index in [0.29, 0.717) is 0 Å². The van der Waals surface area contributed by atoms with Gasteiger partial charge in [0.05, 0.1) is 21.4 Å². The Morgan fingerprint density at radius 1 is 0.356 bits per heavy atom. The predicted molar refractivity (Wildman–Crippen MR) is 197 cm³/mol. The molecule has 0 bridgehead atoms. The van der Waals surface area contributed by atoms with Crippen LogP contribution in [0.4, 0.5) is 0 Å². The number of aromatic nitrogens is 1. The van der Waals surface area contributed by atoms with E-state index in [0.717, 1.165) is 0 Å². The number of hydrogen-bond donors (Lipinski definition) is 0. The Kier molecular flexibility index (Phi) is 5.39. The van der Waals surface area contributed by atoms with Gasteiger partial charge in [0.15, 0.2) is 0 Å². The first-order valence-electron chi connectivity index (χ1n) is 15.3. The molecule has 0 radical (unpaired) electrons. The van der Waals surface area contributed by atoms with Crippen LogP contribution in [-0.4, -0.2) is 4.57 Å². The van der Waals surface area contributed by atoms with Crippen LogP contribution in [0, 0.1) is 0 Å². The molecule has 0 unspecified atom stereocenters. The highest BCUT2D eigenvalue weighted by atomic mass is 32.1. The van der Waals surface area contributed by atoms with Crippen molar-refractivity contribution in [3.8, 4) is 27.9 Å². The molecule has 0 aliphatic rings. The molecule has 0 fully saturated rings. The molecule has 45 heavy (non-hydrogen) atoms. The van der Waals surface area contributed by atoms with Crippen molar-refractivity contribution in [2.75, 3.05) is 0 Å². The van der Waals surface area contributed by atoms with Gasteiger partial charge < -0.3 is 4.57 Å². The summed E-state index contributed by atoms with van der Waals surface area (Å²) < 4.78 is 7.81. The third-order valence-corrected chi connectivity index (χ3v) is 11.6. The summed E-state index contributed by atoms with van der Waals surface area (Å²) in [6.07, 6.45) is 0. The molecule has 10 rings (SSSR count). The van der Waals surface area contributed by atoms with Crippen molar-refractivity contribution < 1.29 is 0 Å². The number of thiophene rings is 2. The molecule has 10 aromatic rings. The van der Waals surface area contributed by atoms with Gasteiger partial charge in [-0.1, -0.05) is 115 Å². The zero-order valence-electron chi connectivity index (χ0n) is 24.2. The normalized spacial score (nSPS) is 12.0. The first kappa shape index (κ1) is 25.1. The van der Waals surface area contributed by atoms with E-state index in [1.165, 1.54) is 90.1 Å². The number of para-hydroxylation sites is 1. The Balaban J connectivity index is 1.22. The van der Waals surface area contributed by atoms with Crippen molar-refractivity contribution in [1.29, 1.82) is 0 Å². The number of benzene rings is 7. The summed E-state index contributed by atoms with van der Waals surface area (Å²) in [5.74, 6) is 0. The summed E-state index contributed by atoms with van der Waals surface area (Å²) in [5.41, 5.74) is 8.75. The van der Waals surface area contributed by atoms with Crippen LogP contribution in [0.5, 0.6) is 0 Å². The molecule has 0 spiro atoms. The lowest BCUT2D eigenvalue weighted by molar-refractivity contribution is 1.20. The van der Waals surface area contributed by atoms with Crippen molar-refractivity contribution in [2.24, 2.45) is 0 Å². The SMILES string of the molecule is c1ccc(-c2ccc3c4ccccc4n(-c4cccc5c4sc4ccc(-c6cccc7c6sc6ccccc67)cc45)c3c2)cc1. The standard InChI is InChI=1S/C42H25NS2/c1-2-10-26(11-3-1)27-20-22-31-30-12-4-6-17-36(30)43(38(31)25-27)37-18-9-16-34-35-24-28(21-23-40(35)45-42(34)37)29-14-8-15-33-32-13-5-7-19-39(32)44-41(29)33/h1-25H. The van der Waals surface area contributed by atoms with Gasteiger partial charge >= 0.3 is 0 Å². The van der Waals surface area contributed by atoms with E-state index < -0.39 is 0 Å². The Morgan fingerprint density at radius 3 is 1.93 bits per heavy atom. The number of nitrogens with zero attached hydrogens (tertiary/aromatic N) is 1. The van der Waals surface area contributed by atoms with Crippen LogP contribution in [0.1, 0.15) is 0 Å². The van der Waals surface area contributed by atoms with E-state index in [1.54, 1.807) is 0 Å². The highest BCUT2D eigenvalue weighted by molar-refractivity contribution is 7.26. The van der Waals surface area contributed by atoms with Crippen LogP contribution in [0.25, 0.3) is 90.1 Å². The quantitative estimate of drug-likeness (QED) is 0.188. The van der Waals surface area contributed by atoms with E-state index in [4.69, 9.17) is 0 Å². The van der Waals surface area contributed by atoms with Gasteiger partial charge in [-0.15, -0.1) is 22.7 Å². The average Bonchev–Trinajstić information content (AvgIpc) is 3.77. The lowest BCUT2D eigenvalue weighted by Crippen LogP contribution is -1.94. The Hall–Kier alpha value is -5.22. The maximum Gasteiger partial charge on any atom is 0.0640 e. The zero-order valence-corrected chi connectivity index (χ0v) is 25.8. The van der Waals surface area contributed by atoms with Gasteiger partial charge in [-0.05, 0) is 58.7 Å². The summed E-state index contributed by atoms with van der Waals surface area (Å²) in [6, 6.07) is 55.8. The van der Waals surface area contributed by atoms with E-state index in [2.05, 4.69) is 156 Å². The first-order chi connectivity index (χ1) is 22.3. The van der Waals surface area contributed by atoms with Crippen LogP contribution in [0.2, 0.25) is 0 Å². The molecule has 3 heterocycles. The highest BCUT2D eigenvalue weighted by Crippen LogP contribution is 2.44. The fourth-order valence-corrected chi connectivity index (χ4v) is 9.57. The first-order valence-corrected chi connectivity index (χ1v) is 16.9. The van der Waals surface area contributed by atoms with Crippen molar-refractivity contribution in [3.05, 3.63) is 152 Å². The highest BCUT2D eigenvalue weighted by Gasteiger charge is 2.18. The smallest absolute Gasteiger partial charge is 0.0640 e. The average molecular weight is 608 g/mol. The monoisotopic (exact) mass is 607 g/mol. The molecule has 3 heteroatoms. The maximum absolute atomic E-state index is 2.48. The lowest BCUT2D eigenvalue weighted by Gasteiger charge is -2.10. The third kappa shape index (κ3) is 3.72. The minimum absolute atomic E-state index is 1.23. The molecule has 0 N–H and O–H groups in total. The topological polar surface area (TPSA) is 4.93 Å².